The predicted molar refractivity (Wildman–Crippen MR) is 74.6 cm³/mol. The van der Waals surface area contributed by atoms with E-state index in [0.717, 1.165) is 38.6 Å². The van der Waals surface area contributed by atoms with Crippen molar-refractivity contribution in [2.24, 2.45) is 3.77 Å². The number of hydrogen-bond donors (Lipinski definition) is 1. The standard InChI is InChI=1S/C11H21N3O3S2/c15-18(7-1-2-8-18)13-19(16,17)14-10-3-4-11(14)9-12-6-5-10/h10-12H,1-9H2. The highest BCUT2D eigenvalue weighted by atomic mass is 32.3. The summed E-state index contributed by atoms with van der Waals surface area (Å²) in [6.07, 6.45) is 4.26. The van der Waals surface area contributed by atoms with Crippen LogP contribution in [0.4, 0.5) is 0 Å². The van der Waals surface area contributed by atoms with E-state index in [1.165, 1.54) is 4.31 Å². The van der Waals surface area contributed by atoms with Crippen molar-refractivity contribution >= 4 is 19.9 Å². The molecule has 3 heterocycles. The third kappa shape index (κ3) is 2.68. The maximum absolute atomic E-state index is 12.5. The topological polar surface area (TPSA) is 78.8 Å². The molecule has 3 aliphatic rings. The second-order valence-electron chi connectivity index (χ2n) is 5.65. The monoisotopic (exact) mass is 307 g/mol. The zero-order valence-corrected chi connectivity index (χ0v) is 12.6. The third-order valence-corrected chi connectivity index (χ3v) is 9.08. The molecule has 2 bridgehead atoms. The molecule has 3 fully saturated rings. The van der Waals surface area contributed by atoms with E-state index in [1.54, 1.807) is 0 Å². The fraction of sp³-hybridized carbons (Fsp3) is 1.00. The molecule has 0 saturated carbocycles. The summed E-state index contributed by atoms with van der Waals surface area (Å²) in [7, 11) is -6.26. The van der Waals surface area contributed by atoms with Crippen molar-refractivity contribution in [1.29, 1.82) is 0 Å². The molecule has 3 rings (SSSR count). The Hall–Kier alpha value is -0.180. The predicted octanol–water partition coefficient (Wildman–Crippen LogP) is 0.319. The Morgan fingerprint density at radius 1 is 1.11 bits per heavy atom. The van der Waals surface area contributed by atoms with Gasteiger partial charge in [0.25, 0.3) is 0 Å². The zero-order valence-electron chi connectivity index (χ0n) is 11.0. The van der Waals surface area contributed by atoms with E-state index in [4.69, 9.17) is 0 Å². The third-order valence-electron chi connectivity index (χ3n) is 4.26. The van der Waals surface area contributed by atoms with Crippen molar-refractivity contribution in [2.75, 3.05) is 24.6 Å². The van der Waals surface area contributed by atoms with Gasteiger partial charge in [-0.2, -0.15) is 12.7 Å². The molecule has 19 heavy (non-hydrogen) atoms. The van der Waals surface area contributed by atoms with Crippen LogP contribution >= 0.6 is 0 Å². The molecule has 0 radical (unpaired) electrons. The number of hydrogen-bond acceptors (Lipinski definition) is 4. The Balaban J connectivity index is 1.94. The number of rotatable bonds is 2. The summed E-state index contributed by atoms with van der Waals surface area (Å²) >= 11 is 0. The molecular formula is C11H21N3O3S2. The molecule has 0 amide bonds. The molecule has 0 aromatic rings. The molecule has 3 aliphatic heterocycles. The largest absolute Gasteiger partial charge is 0.330 e. The van der Waals surface area contributed by atoms with Crippen LogP contribution in [-0.4, -0.2) is 53.6 Å². The number of nitrogens with zero attached hydrogens (tertiary/aromatic N) is 2. The summed E-state index contributed by atoms with van der Waals surface area (Å²) in [5.74, 6) is 0.876. The number of fused-ring (bicyclic) bond motifs is 2. The summed E-state index contributed by atoms with van der Waals surface area (Å²) in [5.41, 5.74) is 0. The average molecular weight is 307 g/mol. The zero-order chi connectivity index (χ0) is 13.5. The van der Waals surface area contributed by atoms with Crippen LogP contribution in [0.15, 0.2) is 3.77 Å². The highest BCUT2D eigenvalue weighted by Crippen LogP contribution is 2.32. The van der Waals surface area contributed by atoms with E-state index in [2.05, 4.69) is 9.08 Å². The second-order valence-corrected chi connectivity index (χ2v) is 9.92. The molecule has 1 N–H and O–H groups in total. The van der Waals surface area contributed by atoms with Crippen molar-refractivity contribution in [3.8, 4) is 0 Å². The fourth-order valence-corrected chi connectivity index (χ4v) is 8.29. The normalized spacial score (nSPS) is 35.2. The van der Waals surface area contributed by atoms with Crippen LogP contribution in [0.5, 0.6) is 0 Å². The maximum Gasteiger partial charge on any atom is 0.330 e. The highest BCUT2D eigenvalue weighted by molar-refractivity contribution is 8.02. The van der Waals surface area contributed by atoms with Gasteiger partial charge in [0.15, 0.2) is 0 Å². The van der Waals surface area contributed by atoms with Gasteiger partial charge in [-0.1, -0.05) is 3.77 Å². The van der Waals surface area contributed by atoms with Gasteiger partial charge in [-0.3, -0.25) is 0 Å². The van der Waals surface area contributed by atoms with E-state index in [9.17, 15) is 12.6 Å². The van der Waals surface area contributed by atoms with Crippen molar-refractivity contribution in [3.05, 3.63) is 0 Å². The van der Waals surface area contributed by atoms with Crippen molar-refractivity contribution < 1.29 is 12.6 Å². The van der Waals surface area contributed by atoms with Crippen LogP contribution in [0.1, 0.15) is 32.1 Å². The van der Waals surface area contributed by atoms with Gasteiger partial charge in [-0.15, -0.1) is 0 Å². The quantitative estimate of drug-likeness (QED) is 0.797. The van der Waals surface area contributed by atoms with Crippen LogP contribution < -0.4 is 5.32 Å². The molecule has 0 aromatic carbocycles. The lowest BCUT2D eigenvalue weighted by atomic mass is 10.1. The van der Waals surface area contributed by atoms with Gasteiger partial charge >= 0.3 is 10.2 Å². The van der Waals surface area contributed by atoms with Crippen LogP contribution in [0.25, 0.3) is 0 Å². The molecule has 6 nitrogen and oxygen atoms in total. The Kier molecular flexibility index (Phi) is 3.61. The first-order chi connectivity index (χ1) is 9.00. The SMILES string of the molecule is O=S(=O)(N=S1(=O)CCCC1)N1C2CCNCC1CC2. The molecule has 110 valence electrons. The van der Waals surface area contributed by atoms with Gasteiger partial charge in [-0.05, 0) is 38.6 Å². The molecule has 2 unspecified atom stereocenters. The molecule has 8 heteroatoms. The molecule has 3 saturated heterocycles. The van der Waals surface area contributed by atoms with E-state index in [0.29, 0.717) is 18.1 Å². The summed E-state index contributed by atoms with van der Waals surface area (Å²) in [6, 6.07) is 0.0313. The van der Waals surface area contributed by atoms with Crippen molar-refractivity contribution in [2.45, 2.75) is 44.2 Å². The minimum Gasteiger partial charge on any atom is -0.315 e. The Morgan fingerprint density at radius 3 is 2.53 bits per heavy atom. The smallest absolute Gasteiger partial charge is 0.315 e. The van der Waals surface area contributed by atoms with Crippen molar-refractivity contribution in [3.63, 3.8) is 0 Å². The van der Waals surface area contributed by atoms with Gasteiger partial charge in [0.05, 0.1) is 9.73 Å². The van der Waals surface area contributed by atoms with Crippen LogP contribution in [0, 0.1) is 0 Å². The second kappa shape index (κ2) is 4.98. The molecule has 0 aliphatic carbocycles. The summed E-state index contributed by atoms with van der Waals surface area (Å²) in [4.78, 5) is 0. The Labute approximate surface area is 115 Å². The summed E-state index contributed by atoms with van der Waals surface area (Å²) < 4.78 is 42.8. The highest BCUT2D eigenvalue weighted by Gasteiger charge is 2.43. The maximum atomic E-state index is 12.5. The van der Waals surface area contributed by atoms with E-state index in [-0.39, 0.29) is 12.1 Å². The van der Waals surface area contributed by atoms with Crippen LogP contribution in [0.2, 0.25) is 0 Å². The lowest BCUT2D eigenvalue weighted by Crippen LogP contribution is -2.41. The summed E-state index contributed by atoms with van der Waals surface area (Å²) in [6.45, 7) is 1.54. The minimum atomic E-state index is -3.74. The van der Waals surface area contributed by atoms with Gasteiger partial charge in [-0.25, -0.2) is 4.21 Å². The lowest BCUT2D eigenvalue weighted by Gasteiger charge is -2.24. The van der Waals surface area contributed by atoms with E-state index >= 15 is 0 Å². The van der Waals surface area contributed by atoms with Crippen LogP contribution in [0.3, 0.4) is 0 Å². The van der Waals surface area contributed by atoms with Gasteiger partial charge in [0, 0.05) is 30.1 Å². The minimum absolute atomic E-state index is 0.00865. The average Bonchev–Trinajstić information content (AvgIpc) is 2.81. The molecule has 0 spiro atoms. The van der Waals surface area contributed by atoms with E-state index < -0.39 is 19.9 Å². The first-order valence-corrected chi connectivity index (χ1v) is 10.2. The first kappa shape index (κ1) is 13.8. The van der Waals surface area contributed by atoms with Gasteiger partial charge in [0.2, 0.25) is 0 Å². The summed E-state index contributed by atoms with van der Waals surface area (Å²) in [5, 5.41) is 3.26. The Bertz CT molecular complexity index is 540. The first-order valence-electron chi connectivity index (χ1n) is 6.98. The van der Waals surface area contributed by atoms with Crippen molar-refractivity contribution in [1.82, 2.24) is 9.62 Å². The van der Waals surface area contributed by atoms with Crippen LogP contribution in [-0.2, 0) is 19.9 Å². The lowest BCUT2D eigenvalue weighted by molar-refractivity contribution is 0.335. The van der Waals surface area contributed by atoms with Gasteiger partial charge < -0.3 is 5.32 Å². The Morgan fingerprint density at radius 2 is 1.79 bits per heavy atom. The molecule has 0 aromatic heterocycles. The van der Waals surface area contributed by atoms with Gasteiger partial charge in [0.1, 0.15) is 0 Å². The number of nitrogens with one attached hydrogen (secondary N) is 1. The van der Waals surface area contributed by atoms with E-state index in [1.807, 2.05) is 0 Å². The molecule has 2 atom stereocenters. The molecular weight excluding hydrogens is 286 g/mol. The fourth-order valence-electron chi connectivity index (χ4n) is 3.36.